The van der Waals surface area contributed by atoms with Crippen molar-refractivity contribution in [3.63, 3.8) is 0 Å². The van der Waals surface area contributed by atoms with E-state index in [1.54, 1.807) is 13.8 Å². The molecule has 0 aliphatic rings. The molecule has 2 aromatic rings. The van der Waals surface area contributed by atoms with E-state index in [2.05, 4.69) is 9.97 Å². The minimum Gasteiger partial charge on any atom is -0.333 e. The second kappa shape index (κ2) is 3.78. The molecule has 0 amide bonds. The lowest BCUT2D eigenvalue weighted by Gasteiger charge is -2.06. The van der Waals surface area contributed by atoms with Crippen molar-refractivity contribution in [1.29, 1.82) is 0 Å². The third-order valence-electron chi connectivity index (χ3n) is 2.62. The van der Waals surface area contributed by atoms with E-state index in [1.807, 2.05) is 0 Å². The van der Waals surface area contributed by atoms with Crippen molar-refractivity contribution in [2.75, 3.05) is 0 Å². The number of halogens is 5. The smallest absolute Gasteiger partial charge is 0.333 e. The number of H-pyrrole nitrogens is 1. The topological polar surface area (TPSA) is 28.7 Å². The Morgan fingerprint density at radius 2 is 1.59 bits per heavy atom. The molecule has 0 saturated carbocycles. The number of alkyl halides is 3. The first kappa shape index (κ1) is 12.5. The summed E-state index contributed by atoms with van der Waals surface area (Å²) in [6, 6.07) is 0. The summed E-state index contributed by atoms with van der Waals surface area (Å²) >= 11 is 11.9. The van der Waals surface area contributed by atoms with E-state index in [9.17, 15) is 13.2 Å². The minimum atomic E-state index is -4.55. The number of rotatable bonds is 0. The van der Waals surface area contributed by atoms with E-state index >= 15 is 0 Å². The van der Waals surface area contributed by atoms with Crippen LogP contribution in [0.3, 0.4) is 0 Å². The maximum atomic E-state index is 12.5. The molecule has 0 radical (unpaired) electrons. The Morgan fingerprint density at radius 3 is 2.12 bits per heavy atom. The van der Waals surface area contributed by atoms with Crippen LogP contribution in [0.4, 0.5) is 13.2 Å². The molecule has 92 valence electrons. The van der Waals surface area contributed by atoms with Crippen molar-refractivity contribution in [2.45, 2.75) is 20.0 Å². The predicted octanol–water partition coefficient (Wildman–Crippen LogP) is 4.51. The molecule has 1 heterocycles. The number of nitrogens with zero attached hydrogens (tertiary/aromatic N) is 1. The summed E-state index contributed by atoms with van der Waals surface area (Å²) in [5, 5.41) is 0.401. The Balaban J connectivity index is 2.86. The van der Waals surface area contributed by atoms with Gasteiger partial charge in [0.05, 0.1) is 15.6 Å². The van der Waals surface area contributed by atoms with Crippen LogP contribution < -0.4 is 0 Å². The number of fused-ring (bicyclic) bond motifs is 1. The summed E-state index contributed by atoms with van der Waals surface area (Å²) in [4.78, 5) is 5.61. The van der Waals surface area contributed by atoms with Crippen molar-refractivity contribution >= 4 is 34.2 Å². The minimum absolute atomic E-state index is 0.0482. The van der Waals surface area contributed by atoms with Gasteiger partial charge < -0.3 is 4.98 Å². The Hall–Kier alpha value is -0.940. The summed E-state index contributed by atoms with van der Waals surface area (Å²) in [6.45, 7) is 3.38. The van der Waals surface area contributed by atoms with Gasteiger partial charge >= 0.3 is 6.18 Å². The summed E-state index contributed by atoms with van der Waals surface area (Å²) < 4.78 is 37.5. The molecule has 7 heteroatoms. The molecular weight excluding hydrogens is 276 g/mol. The van der Waals surface area contributed by atoms with E-state index in [0.717, 1.165) is 0 Å². The SMILES string of the molecule is Cc1c(C)c(Cl)c2[nH]c(C(F)(F)F)nc2c1Cl. The second-order valence-corrected chi connectivity index (χ2v) is 4.44. The molecule has 0 saturated heterocycles. The summed E-state index contributed by atoms with van der Waals surface area (Å²) in [7, 11) is 0. The highest BCUT2D eigenvalue weighted by Crippen LogP contribution is 2.37. The van der Waals surface area contributed by atoms with E-state index in [-0.39, 0.29) is 21.1 Å². The normalized spacial score (nSPS) is 12.4. The Bertz CT molecular complexity index is 557. The van der Waals surface area contributed by atoms with Gasteiger partial charge in [0.1, 0.15) is 5.52 Å². The number of hydrogen-bond donors (Lipinski definition) is 1. The van der Waals surface area contributed by atoms with Crippen LogP contribution in [0.5, 0.6) is 0 Å². The third kappa shape index (κ3) is 1.87. The summed E-state index contributed by atoms with van der Waals surface area (Å²) in [5.74, 6) is -1.10. The largest absolute Gasteiger partial charge is 0.449 e. The lowest BCUT2D eigenvalue weighted by Crippen LogP contribution is -2.06. The average molecular weight is 283 g/mol. The number of aromatic amines is 1. The van der Waals surface area contributed by atoms with E-state index in [1.165, 1.54) is 0 Å². The first-order valence-corrected chi connectivity index (χ1v) is 5.40. The molecule has 0 bridgehead atoms. The second-order valence-electron chi connectivity index (χ2n) is 3.68. The zero-order chi connectivity index (χ0) is 13.0. The highest BCUT2D eigenvalue weighted by molar-refractivity contribution is 6.40. The first-order chi connectivity index (χ1) is 7.73. The van der Waals surface area contributed by atoms with E-state index < -0.39 is 12.0 Å². The van der Waals surface area contributed by atoms with Gasteiger partial charge in [-0.2, -0.15) is 13.2 Å². The fraction of sp³-hybridized carbons (Fsp3) is 0.300. The summed E-state index contributed by atoms with van der Waals surface area (Å²) in [5.41, 5.74) is 1.44. The molecule has 0 unspecified atom stereocenters. The fourth-order valence-electron chi connectivity index (χ4n) is 1.52. The fourth-order valence-corrected chi connectivity index (χ4v) is 2.08. The van der Waals surface area contributed by atoms with Crippen LogP contribution in [0.1, 0.15) is 17.0 Å². The van der Waals surface area contributed by atoms with Crippen LogP contribution >= 0.6 is 23.2 Å². The highest BCUT2D eigenvalue weighted by atomic mass is 35.5. The molecule has 1 aromatic carbocycles. The van der Waals surface area contributed by atoms with Gasteiger partial charge in [-0.3, -0.25) is 0 Å². The zero-order valence-corrected chi connectivity index (χ0v) is 10.3. The van der Waals surface area contributed by atoms with Gasteiger partial charge in [-0.1, -0.05) is 23.2 Å². The molecule has 1 aromatic heterocycles. The number of imidazole rings is 1. The van der Waals surface area contributed by atoms with Crippen LogP contribution in [-0.2, 0) is 6.18 Å². The molecule has 0 fully saturated rings. The molecule has 0 aliphatic heterocycles. The van der Waals surface area contributed by atoms with Crippen molar-refractivity contribution in [1.82, 2.24) is 9.97 Å². The van der Waals surface area contributed by atoms with Crippen LogP contribution in [0.15, 0.2) is 0 Å². The maximum absolute atomic E-state index is 12.5. The monoisotopic (exact) mass is 282 g/mol. The van der Waals surface area contributed by atoms with Crippen LogP contribution in [0.25, 0.3) is 11.0 Å². The predicted molar refractivity (Wildman–Crippen MR) is 60.6 cm³/mol. The standard InChI is InChI=1S/C10H7Cl2F3N2/c1-3-4(2)6(12)8-7(5(3)11)16-9(17-8)10(13,14)15/h1-2H3,(H,16,17). The Labute approximate surface area is 105 Å². The maximum Gasteiger partial charge on any atom is 0.449 e. The van der Waals surface area contributed by atoms with Crippen LogP contribution in [-0.4, -0.2) is 9.97 Å². The van der Waals surface area contributed by atoms with Crippen molar-refractivity contribution < 1.29 is 13.2 Å². The molecule has 17 heavy (non-hydrogen) atoms. The van der Waals surface area contributed by atoms with Gasteiger partial charge in [-0.25, -0.2) is 4.98 Å². The van der Waals surface area contributed by atoms with Crippen molar-refractivity contribution in [2.24, 2.45) is 0 Å². The van der Waals surface area contributed by atoms with Gasteiger partial charge in [0.2, 0.25) is 5.82 Å². The van der Waals surface area contributed by atoms with Crippen molar-refractivity contribution in [3.05, 3.63) is 27.0 Å². The summed E-state index contributed by atoms with van der Waals surface area (Å²) in [6.07, 6.45) is -4.55. The highest BCUT2D eigenvalue weighted by Gasteiger charge is 2.35. The molecule has 0 spiro atoms. The van der Waals surface area contributed by atoms with E-state index in [4.69, 9.17) is 23.2 Å². The Morgan fingerprint density at radius 1 is 1.06 bits per heavy atom. The number of aromatic nitrogens is 2. The molecular formula is C10H7Cl2F3N2. The number of benzene rings is 1. The third-order valence-corrected chi connectivity index (χ3v) is 3.56. The molecule has 0 atom stereocenters. The lowest BCUT2D eigenvalue weighted by molar-refractivity contribution is -0.144. The Kier molecular flexibility index (Phi) is 2.78. The first-order valence-electron chi connectivity index (χ1n) is 4.64. The lowest BCUT2D eigenvalue weighted by atomic mass is 10.1. The number of hydrogen-bond acceptors (Lipinski definition) is 1. The molecule has 0 aliphatic carbocycles. The molecule has 2 nitrogen and oxygen atoms in total. The van der Waals surface area contributed by atoms with Gasteiger partial charge in [0, 0.05) is 0 Å². The number of nitrogens with one attached hydrogen (secondary N) is 1. The van der Waals surface area contributed by atoms with Crippen LogP contribution in [0.2, 0.25) is 10.0 Å². The average Bonchev–Trinajstić information content (AvgIpc) is 2.67. The van der Waals surface area contributed by atoms with Crippen LogP contribution in [0, 0.1) is 13.8 Å². The van der Waals surface area contributed by atoms with Gasteiger partial charge in [0.15, 0.2) is 0 Å². The molecule has 2 rings (SSSR count). The van der Waals surface area contributed by atoms with Gasteiger partial charge in [-0.05, 0) is 25.0 Å². The van der Waals surface area contributed by atoms with Gasteiger partial charge in [-0.15, -0.1) is 0 Å². The molecule has 1 N–H and O–H groups in total. The van der Waals surface area contributed by atoms with Crippen molar-refractivity contribution in [3.8, 4) is 0 Å². The van der Waals surface area contributed by atoms with Gasteiger partial charge in [0.25, 0.3) is 0 Å². The quantitative estimate of drug-likeness (QED) is 0.757. The zero-order valence-electron chi connectivity index (χ0n) is 8.84. The van der Waals surface area contributed by atoms with E-state index in [0.29, 0.717) is 11.1 Å².